The van der Waals surface area contributed by atoms with Crippen molar-refractivity contribution in [2.24, 2.45) is 0 Å². The van der Waals surface area contributed by atoms with Crippen molar-refractivity contribution in [3.05, 3.63) is 35.9 Å². The van der Waals surface area contributed by atoms with Crippen molar-refractivity contribution in [3.63, 3.8) is 0 Å². The molecule has 2 bridgehead atoms. The fourth-order valence-electron chi connectivity index (χ4n) is 3.24. The third kappa shape index (κ3) is 2.91. The molecule has 3 rings (SSSR count). The van der Waals surface area contributed by atoms with Gasteiger partial charge in [0.05, 0.1) is 6.04 Å². The van der Waals surface area contributed by atoms with Gasteiger partial charge in [0.25, 0.3) is 0 Å². The Balaban J connectivity index is 1.67. The van der Waals surface area contributed by atoms with Gasteiger partial charge in [0.15, 0.2) is 5.78 Å². The molecule has 2 aliphatic rings. The highest BCUT2D eigenvalue weighted by atomic mass is 35.5. The van der Waals surface area contributed by atoms with Crippen LogP contribution in [0.1, 0.15) is 31.2 Å². The van der Waals surface area contributed by atoms with Crippen LogP contribution in [-0.2, 0) is 16.1 Å². The highest BCUT2D eigenvalue weighted by Gasteiger charge is 2.46. The first-order chi connectivity index (χ1) is 10.2. The van der Waals surface area contributed by atoms with E-state index in [1.165, 1.54) is 0 Å². The number of hydrogen-bond donors (Lipinski definition) is 0. The van der Waals surface area contributed by atoms with E-state index in [1.807, 2.05) is 30.3 Å². The van der Waals surface area contributed by atoms with Crippen LogP contribution in [0.2, 0.25) is 0 Å². The molecule has 3 unspecified atom stereocenters. The van der Waals surface area contributed by atoms with Gasteiger partial charge >= 0.3 is 6.09 Å². The zero-order valence-electron chi connectivity index (χ0n) is 11.7. The Morgan fingerprint density at radius 1 is 1.29 bits per heavy atom. The van der Waals surface area contributed by atoms with E-state index in [2.05, 4.69) is 0 Å². The molecule has 0 radical (unpaired) electrons. The van der Waals surface area contributed by atoms with Gasteiger partial charge in [-0.3, -0.25) is 9.69 Å². The van der Waals surface area contributed by atoms with Gasteiger partial charge in [-0.1, -0.05) is 30.3 Å². The molecule has 1 aromatic carbocycles. The van der Waals surface area contributed by atoms with Crippen molar-refractivity contribution in [2.75, 3.05) is 0 Å². The van der Waals surface area contributed by atoms with E-state index >= 15 is 0 Å². The summed E-state index contributed by atoms with van der Waals surface area (Å²) in [4.78, 5) is 25.9. The van der Waals surface area contributed by atoms with Crippen LogP contribution in [0.4, 0.5) is 4.79 Å². The SMILES string of the molecule is O=C1CC2CCCC(C1Cl)N2C(=O)OCc1ccccc1. The smallest absolute Gasteiger partial charge is 0.410 e. The maximum atomic E-state index is 12.4. The minimum Gasteiger partial charge on any atom is -0.445 e. The van der Waals surface area contributed by atoms with Gasteiger partial charge in [0, 0.05) is 12.5 Å². The van der Waals surface area contributed by atoms with Crippen LogP contribution < -0.4 is 0 Å². The van der Waals surface area contributed by atoms with Crippen molar-refractivity contribution >= 4 is 23.5 Å². The summed E-state index contributed by atoms with van der Waals surface area (Å²) in [5.41, 5.74) is 0.950. The molecule has 0 saturated carbocycles. The molecular formula is C16H18ClNO3. The number of halogens is 1. The Labute approximate surface area is 129 Å². The number of carbonyl (C=O) groups excluding carboxylic acids is 2. The van der Waals surface area contributed by atoms with Crippen molar-refractivity contribution in [1.29, 1.82) is 0 Å². The Morgan fingerprint density at radius 3 is 2.81 bits per heavy atom. The molecule has 0 spiro atoms. The van der Waals surface area contributed by atoms with Crippen molar-refractivity contribution in [3.8, 4) is 0 Å². The summed E-state index contributed by atoms with van der Waals surface area (Å²) in [6, 6.07) is 9.31. The number of hydrogen-bond acceptors (Lipinski definition) is 3. The number of Topliss-reactive ketones (excluding diaryl/α,β-unsaturated/α-hetero) is 1. The summed E-state index contributed by atoms with van der Waals surface area (Å²) in [5, 5.41) is -0.592. The molecule has 4 nitrogen and oxygen atoms in total. The minimum atomic E-state index is -0.592. The molecule has 2 heterocycles. The van der Waals surface area contributed by atoms with Gasteiger partial charge in [-0.2, -0.15) is 0 Å². The van der Waals surface area contributed by atoms with E-state index in [0.717, 1.165) is 24.8 Å². The first kappa shape index (κ1) is 14.4. The first-order valence-electron chi connectivity index (χ1n) is 7.32. The molecule has 0 aromatic heterocycles. The summed E-state index contributed by atoms with van der Waals surface area (Å²) in [7, 11) is 0. The number of piperidine rings is 2. The summed E-state index contributed by atoms with van der Waals surface area (Å²) in [5.74, 6) is 0.0541. The fraction of sp³-hybridized carbons (Fsp3) is 0.500. The molecule has 21 heavy (non-hydrogen) atoms. The molecule has 1 aromatic rings. The third-order valence-corrected chi connectivity index (χ3v) is 4.82. The highest BCUT2D eigenvalue weighted by Crippen LogP contribution is 2.35. The number of ketones is 1. The van der Waals surface area contributed by atoms with Crippen LogP contribution >= 0.6 is 11.6 Å². The number of amides is 1. The molecule has 0 N–H and O–H groups in total. The van der Waals surface area contributed by atoms with Crippen LogP contribution in [0, 0.1) is 0 Å². The lowest BCUT2D eigenvalue weighted by molar-refractivity contribution is -0.125. The second kappa shape index (κ2) is 6.06. The second-order valence-electron chi connectivity index (χ2n) is 5.67. The first-order valence-corrected chi connectivity index (χ1v) is 7.76. The second-order valence-corrected chi connectivity index (χ2v) is 6.14. The quantitative estimate of drug-likeness (QED) is 0.789. The number of ether oxygens (including phenoxy) is 1. The van der Waals surface area contributed by atoms with Gasteiger partial charge in [-0.25, -0.2) is 4.79 Å². The van der Waals surface area contributed by atoms with Gasteiger partial charge in [-0.05, 0) is 24.8 Å². The topological polar surface area (TPSA) is 46.6 Å². The van der Waals surface area contributed by atoms with Gasteiger partial charge in [0.1, 0.15) is 12.0 Å². The number of fused-ring (bicyclic) bond motifs is 2. The number of alkyl halides is 1. The molecule has 2 fully saturated rings. The Kier molecular flexibility index (Phi) is 4.15. The Morgan fingerprint density at radius 2 is 2.05 bits per heavy atom. The predicted molar refractivity (Wildman–Crippen MR) is 79.2 cm³/mol. The average molecular weight is 308 g/mol. The molecule has 5 heteroatoms. The van der Waals surface area contributed by atoms with Gasteiger partial charge in [0.2, 0.25) is 0 Å². The minimum absolute atomic E-state index is 0.0467. The Hall–Kier alpha value is -1.55. The van der Waals surface area contributed by atoms with E-state index in [1.54, 1.807) is 4.90 Å². The summed E-state index contributed by atoms with van der Waals surface area (Å²) in [6.07, 6.45) is 2.63. The number of benzene rings is 1. The maximum Gasteiger partial charge on any atom is 0.410 e. The van der Waals surface area contributed by atoms with Crippen LogP contribution in [0.5, 0.6) is 0 Å². The standard InChI is InChI=1S/C16H18ClNO3/c17-15-13-8-4-7-12(9-14(15)19)18(13)16(20)21-10-11-5-2-1-3-6-11/h1-3,5-6,12-13,15H,4,7-10H2. The molecule has 3 atom stereocenters. The normalized spacial score (nSPS) is 28.3. The maximum absolute atomic E-state index is 12.4. The Bertz CT molecular complexity index is 534. The fourth-order valence-corrected chi connectivity index (χ4v) is 3.57. The van der Waals surface area contributed by atoms with E-state index in [9.17, 15) is 9.59 Å². The zero-order valence-corrected chi connectivity index (χ0v) is 12.5. The summed E-state index contributed by atoms with van der Waals surface area (Å²) >= 11 is 6.19. The molecule has 0 aliphatic carbocycles. The van der Waals surface area contributed by atoms with Gasteiger partial charge < -0.3 is 4.74 Å². The lowest BCUT2D eigenvalue weighted by Gasteiger charge is -2.46. The van der Waals surface area contributed by atoms with E-state index in [0.29, 0.717) is 6.42 Å². The lowest BCUT2D eigenvalue weighted by Crippen LogP contribution is -2.60. The monoisotopic (exact) mass is 307 g/mol. The van der Waals surface area contributed by atoms with Gasteiger partial charge in [-0.15, -0.1) is 11.6 Å². The van der Waals surface area contributed by atoms with Crippen LogP contribution in [0.3, 0.4) is 0 Å². The largest absolute Gasteiger partial charge is 0.445 e. The lowest BCUT2D eigenvalue weighted by atomic mass is 9.84. The van der Waals surface area contributed by atoms with Crippen LogP contribution in [-0.4, -0.2) is 34.2 Å². The van der Waals surface area contributed by atoms with Crippen molar-refractivity contribution in [2.45, 2.75) is 49.8 Å². The predicted octanol–water partition coefficient (Wildman–Crippen LogP) is 3.13. The van der Waals surface area contributed by atoms with Crippen molar-refractivity contribution < 1.29 is 14.3 Å². The number of carbonyl (C=O) groups is 2. The molecular weight excluding hydrogens is 290 g/mol. The van der Waals surface area contributed by atoms with Crippen LogP contribution in [0.15, 0.2) is 30.3 Å². The highest BCUT2D eigenvalue weighted by molar-refractivity contribution is 6.32. The number of nitrogens with zero attached hydrogens (tertiary/aromatic N) is 1. The summed E-state index contributed by atoms with van der Waals surface area (Å²) < 4.78 is 5.40. The zero-order chi connectivity index (χ0) is 14.8. The van der Waals surface area contributed by atoms with Crippen LogP contribution in [0.25, 0.3) is 0 Å². The van der Waals surface area contributed by atoms with E-state index in [4.69, 9.17) is 16.3 Å². The summed E-state index contributed by atoms with van der Waals surface area (Å²) in [6.45, 7) is 0.247. The molecule has 112 valence electrons. The molecule has 1 amide bonds. The number of rotatable bonds is 2. The third-order valence-electron chi connectivity index (χ3n) is 4.29. The van der Waals surface area contributed by atoms with E-state index < -0.39 is 5.38 Å². The van der Waals surface area contributed by atoms with E-state index in [-0.39, 0.29) is 30.6 Å². The molecule has 2 saturated heterocycles. The molecule has 2 aliphatic heterocycles. The average Bonchev–Trinajstić information content (AvgIpc) is 2.51. The van der Waals surface area contributed by atoms with Crippen molar-refractivity contribution in [1.82, 2.24) is 4.90 Å².